The van der Waals surface area contributed by atoms with Gasteiger partial charge in [0.2, 0.25) is 5.91 Å². The van der Waals surface area contributed by atoms with Crippen LogP contribution in [-0.2, 0) is 16.0 Å². The first-order valence-corrected chi connectivity index (χ1v) is 6.83. The molecule has 0 radical (unpaired) electrons. The molecule has 0 spiro atoms. The van der Waals surface area contributed by atoms with E-state index >= 15 is 0 Å². The number of phenolic OH excluding ortho intramolecular Hbond substituents is 1. The Morgan fingerprint density at radius 2 is 1.85 bits per heavy atom. The van der Waals surface area contributed by atoms with Gasteiger partial charge in [-0.05, 0) is 24.1 Å². The van der Waals surface area contributed by atoms with Crippen LogP contribution in [0.1, 0.15) is 38.2 Å². The fraction of sp³-hybridized carbons (Fsp3) is 0.467. The number of rotatable bonds is 8. The maximum Gasteiger partial charge on any atom is 0.326 e. The standard InChI is InChI=1S/C15H21NO4/c1-2-3-4-5-14(18)16-13(15(19)20)10-11-6-8-12(17)9-7-11/h6-9,13,17H,2-5,10H2,1H3,(H,16,18)(H,19,20)/t13-/m0/s1. The summed E-state index contributed by atoms with van der Waals surface area (Å²) in [6, 6.07) is 5.35. The quantitative estimate of drug-likeness (QED) is 0.636. The van der Waals surface area contributed by atoms with E-state index in [0.717, 1.165) is 24.8 Å². The molecule has 5 nitrogen and oxygen atoms in total. The third-order valence-electron chi connectivity index (χ3n) is 3.02. The number of carbonyl (C=O) groups excluding carboxylic acids is 1. The van der Waals surface area contributed by atoms with Crippen molar-refractivity contribution in [1.82, 2.24) is 5.32 Å². The Hall–Kier alpha value is -2.04. The van der Waals surface area contributed by atoms with Crippen molar-refractivity contribution in [3.63, 3.8) is 0 Å². The van der Waals surface area contributed by atoms with Crippen molar-refractivity contribution in [1.29, 1.82) is 0 Å². The van der Waals surface area contributed by atoms with Gasteiger partial charge in [-0.15, -0.1) is 0 Å². The number of benzene rings is 1. The van der Waals surface area contributed by atoms with Crippen LogP contribution in [0.5, 0.6) is 5.75 Å². The molecule has 0 aliphatic rings. The van der Waals surface area contributed by atoms with Crippen molar-refractivity contribution in [3.05, 3.63) is 29.8 Å². The molecule has 0 heterocycles. The number of hydrogen-bond acceptors (Lipinski definition) is 3. The Kier molecular flexibility index (Phi) is 6.56. The maximum absolute atomic E-state index is 11.7. The minimum atomic E-state index is -1.05. The minimum Gasteiger partial charge on any atom is -0.508 e. The summed E-state index contributed by atoms with van der Waals surface area (Å²) in [5, 5.41) is 20.9. The van der Waals surface area contributed by atoms with Crippen molar-refractivity contribution < 1.29 is 19.8 Å². The second-order valence-corrected chi connectivity index (χ2v) is 4.79. The van der Waals surface area contributed by atoms with E-state index in [1.54, 1.807) is 12.1 Å². The molecule has 1 atom stereocenters. The van der Waals surface area contributed by atoms with E-state index < -0.39 is 12.0 Å². The number of carbonyl (C=O) groups is 2. The van der Waals surface area contributed by atoms with Crippen LogP contribution >= 0.6 is 0 Å². The molecule has 5 heteroatoms. The molecule has 1 aromatic rings. The zero-order valence-corrected chi connectivity index (χ0v) is 11.6. The highest BCUT2D eigenvalue weighted by Gasteiger charge is 2.20. The van der Waals surface area contributed by atoms with Gasteiger partial charge in [0.1, 0.15) is 11.8 Å². The zero-order valence-electron chi connectivity index (χ0n) is 11.6. The maximum atomic E-state index is 11.7. The number of hydrogen-bond donors (Lipinski definition) is 3. The number of amides is 1. The Labute approximate surface area is 118 Å². The molecule has 0 bridgehead atoms. The number of nitrogens with one attached hydrogen (secondary N) is 1. The van der Waals surface area contributed by atoms with Crippen molar-refractivity contribution in [2.75, 3.05) is 0 Å². The summed E-state index contributed by atoms with van der Waals surface area (Å²) < 4.78 is 0. The Morgan fingerprint density at radius 1 is 1.20 bits per heavy atom. The molecule has 0 aliphatic carbocycles. The molecular formula is C15H21NO4. The zero-order chi connectivity index (χ0) is 15.0. The second kappa shape index (κ2) is 8.19. The lowest BCUT2D eigenvalue weighted by Gasteiger charge is -2.14. The number of carboxylic acids is 1. The van der Waals surface area contributed by atoms with Gasteiger partial charge < -0.3 is 15.5 Å². The summed E-state index contributed by atoms with van der Waals surface area (Å²) in [7, 11) is 0. The summed E-state index contributed by atoms with van der Waals surface area (Å²) in [6.45, 7) is 2.04. The van der Waals surface area contributed by atoms with Crippen LogP contribution in [-0.4, -0.2) is 28.1 Å². The topological polar surface area (TPSA) is 86.6 Å². The molecule has 110 valence electrons. The number of aromatic hydroxyl groups is 1. The van der Waals surface area contributed by atoms with E-state index in [1.807, 2.05) is 6.92 Å². The van der Waals surface area contributed by atoms with Crippen molar-refractivity contribution in [3.8, 4) is 5.75 Å². The van der Waals surface area contributed by atoms with Crippen LogP contribution in [0.15, 0.2) is 24.3 Å². The average molecular weight is 279 g/mol. The Morgan fingerprint density at radius 3 is 2.40 bits per heavy atom. The average Bonchev–Trinajstić information content (AvgIpc) is 2.40. The van der Waals surface area contributed by atoms with E-state index in [2.05, 4.69) is 5.32 Å². The normalized spacial score (nSPS) is 11.8. The molecule has 0 fully saturated rings. The summed E-state index contributed by atoms with van der Waals surface area (Å²) in [6.07, 6.45) is 3.31. The van der Waals surface area contributed by atoms with Crippen LogP contribution in [0.3, 0.4) is 0 Å². The number of aliphatic carboxylic acids is 1. The van der Waals surface area contributed by atoms with Gasteiger partial charge in [-0.25, -0.2) is 4.79 Å². The predicted molar refractivity (Wildman–Crippen MR) is 75.5 cm³/mol. The molecule has 0 aromatic heterocycles. The summed E-state index contributed by atoms with van der Waals surface area (Å²) >= 11 is 0. The highest BCUT2D eigenvalue weighted by atomic mass is 16.4. The largest absolute Gasteiger partial charge is 0.508 e. The summed E-state index contributed by atoms with van der Waals surface area (Å²) in [5.41, 5.74) is 0.754. The number of unbranched alkanes of at least 4 members (excludes halogenated alkanes) is 2. The lowest BCUT2D eigenvalue weighted by Crippen LogP contribution is -2.42. The van der Waals surface area contributed by atoms with Crippen LogP contribution in [0.4, 0.5) is 0 Å². The van der Waals surface area contributed by atoms with Crippen molar-refractivity contribution in [2.24, 2.45) is 0 Å². The van der Waals surface area contributed by atoms with Gasteiger partial charge in [-0.1, -0.05) is 31.9 Å². The van der Waals surface area contributed by atoms with Crippen molar-refractivity contribution in [2.45, 2.75) is 45.1 Å². The number of phenols is 1. The molecule has 0 saturated carbocycles. The SMILES string of the molecule is CCCCCC(=O)N[C@@H](Cc1ccc(O)cc1)C(=O)O. The lowest BCUT2D eigenvalue weighted by atomic mass is 10.1. The smallest absolute Gasteiger partial charge is 0.326 e. The molecule has 1 amide bonds. The highest BCUT2D eigenvalue weighted by Crippen LogP contribution is 2.11. The number of carboxylic acid groups (broad SMARTS) is 1. The van der Waals surface area contributed by atoms with Crippen LogP contribution in [0, 0.1) is 0 Å². The van der Waals surface area contributed by atoms with Gasteiger partial charge in [0.25, 0.3) is 0 Å². The molecule has 0 saturated heterocycles. The molecule has 0 aliphatic heterocycles. The van der Waals surface area contributed by atoms with E-state index in [9.17, 15) is 14.7 Å². The van der Waals surface area contributed by atoms with Gasteiger partial charge in [-0.3, -0.25) is 4.79 Å². The highest BCUT2D eigenvalue weighted by molar-refractivity contribution is 5.83. The van der Waals surface area contributed by atoms with E-state index in [1.165, 1.54) is 12.1 Å². The van der Waals surface area contributed by atoms with Gasteiger partial charge in [-0.2, -0.15) is 0 Å². The molecule has 1 aromatic carbocycles. The molecule has 1 rings (SSSR count). The first-order chi connectivity index (χ1) is 9.52. The molecule has 3 N–H and O–H groups in total. The van der Waals surface area contributed by atoms with Gasteiger partial charge in [0.05, 0.1) is 0 Å². The van der Waals surface area contributed by atoms with Gasteiger partial charge in [0.15, 0.2) is 0 Å². The molecule has 20 heavy (non-hydrogen) atoms. The first kappa shape index (κ1) is 16.0. The van der Waals surface area contributed by atoms with E-state index in [-0.39, 0.29) is 18.1 Å². The van der Waals surface area contributed by atoms with Crippen LogP contribution < -0.4 is 5.32 Å². The van der Waals surface area contributed by atoms with E-state index in [0.29, 0.717) is 6.42 Å². The molecule has 0 unspecified atom stereocenters. The van der Waals surface area contributed by atoms with Crippen molar-refractivity contribution >= 4 is 11.9 Å². The third kappa shape index (κ3) is 5.73. The fourth-order valence-corrected chi connectivity index (χ4v) is 1.87. The second-order valence-electron chi connectivity index (χ2n) is 4.79. The van der Waals surface area contributed by atoms with Gasteiger partial charge >= 0.3 is 5.97 Å². The van der Waals surface area contributed by atoms with Gasteiger partial charge in [0, 0.05) is 12.8 Å². The minimum absolute atomic E-state index is 0.129. The monoisotopic (exact) mass is 279 g/mol. The Balaban J connectivity index is 2.54. The first-order valence-electron chi connectivity index (χ1n) is 6.83. The summed E-state index contributed by atoms with van der Waals surface area (Å²) in [5.74, 6) is -1.16. The molecular weight excluding hydrogens is 258 g/mol. The Bertz CT molecular complexity index is 442. The predicted octanol–water partition coefficient (Wildman–Crippen LogP) is 2.08. The van der Waals surface area contributed by atoms with E-state index in [4.69, 9.17) is 5.11 Å². The summed E-state index contributed by atoms with van der Waals surface area (Å²) in [4.78, 5) is 22.8. The van der Waals surface area contributed by atoms with Crippen LogP contribution in [0.25, 0.3) is 0 Å². The fourth-order valence-electron chi connectivity index (χ4n) is 1.87. The third-order valence-corrected chi connectivity index (χ3v) is 3.02. The van der Waals surface area contributed by atoms with Crippen LogP contribution in [0.2, 0.25) is 0 Å². The lowest BCUT2D eigenvalue weighted by molar-refractivity contribution is -0.141.